The number of hydrogen-bond donors (Lipinski definition) is 1. The molecule has 0 bridgehead atoms. The number of halogens is 3. The first kappa shape index (κ1) is 12.1. The summed E-state index contributed by atoms with van der Waals surface area (Å²) in [5.41, 5.74) is -1.55. The largest absolute Gasteiger partial charge is 0.478 e. The van der Waals surface area contributed by atoms with E-state index in [1.165, 1.54) is 0 Å². The number of carboxylic acid groups (broad SMARTS) is 1. The Hall–Kier alpha value is -2.38. The predicted octanol–water partition coefficient (Wildman–Crippen LogP) is 0.874. The van der Waals surface area contributed by atoms with Gasteiger partial charge in [0.1, 0.15) is 11.6 Å². The second-order valence-electron chi connectivity index (χ2n) is 3.46. The summed E-state index contributed by atoms with van der Waals surface area (Å²) in [5, 5.41) is 8.44. The zero-order chi connectivity index (χ0) is 13.6. The van der Waals surface area contributed by atoms with Crippen LogP contribution in [0.15, 0.2) is 12.1 Å². The fourth-order valence-electron chi connectivity index (χ4n) is 1.64. The van der Waals surface area contributed by atoms with E-state index in [0.29, 0.717) is 12.1 Å². The lowest BCUT2D eigenvalue weighted by Gasteiger charge is -2.17. The topological polar surface area (TPSA) is 74.7 Å². The Kier molecular flexibility index (Phi) is 2.57. The Morgan fingerprint density at radius 3 is 2.44 bits per heavy atom. The summed E-state index contributed by atoms with van der Waals surface area (Å²) in [5.74, 6) is -7.51. The maximum absolute atomic E-state index is 13.3. The van der Waals surface area contributed by atoms with E-state index in [-0.39, 0.29) is 4.90 Å². The Morgan fingerprint density at radius 1 is 1.28 bits per heavy atom. The summed E-state index contributed by atoms with van der Waals surface area (Å²) in [7, 11) is 0. The predicted molar refractivity (Wildman–Crippen MR) is 50.7 cm³/mol. The maximum atomic E-state index is 13.3. The quantitative estimate of drug-likeness (QED) is 0.631. The summed E-state index contributed by atoms with van der Waals surface area (Å²) in [6, 6.07) is 0.873. The van der Waals surface area contributed by atoms with Crippen LogP contribution < -0.4 is 4.90 Å². The number of carboxylic acids is 1. The lowest BCUT2D eigenvalue weighted by Crippen LogP contribution is -2.41. The molecule has 1 heterocycles. The number of ketones is 1. The molecule has 0 spiro atoms. The van der Waals surface area contributed by atoms with Gasteiger partial charge in [-0.05, 0) is 6.07 Å². The number of carbonyl (C=O) groups is 3. The summed E-state index contributed by atoms with van der Waals surface area (Å²) in [6.45, 7) is 0. The SMILES string of the molecule is O=C1C(=O)N(C(F)C(=O)O)c2cc(F)cc(F)c21. The molecule has 1 N–H and O–H groups in total. The Balaban J connectivity index is 2.65. The van der Waals surface area contributed by atoms with Crippen molar-refractivity contribution in [3.63, 3.8) is 0 Å². The second kappa shape index (κ2) is 3.83. The number of Topliss-reactive ketones (excluding diaryl/α,β-unsaturated/α-hetero) is 1. The van der Waals surface area contributed by atoms with E-state index in [4.69, 9.17) is 5.11 Å². The first-order chi connectivity index (χ1) is 8.34. The zero-order valence-corrected chi connectivity index (χ0v) is 8.49. The van der Waals surface area contributed by atoms with Gasteiger partial charge < -0.3 is 5.11 Å². The summed E-state index contributed by atoms with van der Waals surface area (Å²) < 4.78 is 39.6. The summed E-state index contributed by atoms with van der Waals surface area (Å²) in [4.78, 5) is 33.1. The molecular weight excluding hydrogens is 255 g/mol. The van der Waals surface area contributed by atoms with Crippen molar-refractivity contribution in [3.05, 3.63) is 29.3 Å². The number of rotatable bonds is 2. The first-order valence-electron chi connectivity index (χ1n) is 4.58. The molecule has 0 saturated carbocycles. The van der Waals surface area contributed by atoms with Gasteiger partial charge in [0.25, 0.3) is 12.1 Å². The van der Waals surface area contributed by atoms with Gasteiger partial charge in [-0.3, -0.25) is 14.5 Å². The first-order valence-corrected chi connectivity index (χ1v) is 4.58. The molecule has 18 heavy (non-hydrogen) atoms. The molecule has 94 valence electrons. The zero-order valence-electron chi connectivity index (χ0n) is 8.49. The Bertz CT molecular complexity index is 587. The van der Waals surface area contributed by atoms with Crippen molar-refractivity contribution in [1.82, 2.24) is 0 Å². The number of aliphatic carboxylic acids is 1. The highest BCUT2D eigenvalue weighted by atomic mass is 19.1. The van der Waals surface area contributed by atoms with E-state index in [1.54, 1.807) is 0 Å². The Labute approximate surface area is 97.4 Å². The van der Waals surface area contributed by atoms with Gasteiger partial charge >= 0.3 is 11.9 Å². The average molecular weight is 259 g/mol. The van der Waals surface area contributed by atoms with Crippen LogP contribution >= 0.6 is 0 Å². The van der Waals surface area contributed by atoms with E-state index in [1.807, 2.05) is 0 Å². The van der Waals surface area contributed by atoms with Crippen molar-refractivity contribution >= 4 is 23.3 Å². The molecule has 1 aromatic carbocycles. The molecule has 1 atom stereocenters. The molecule has 0 aliphatic carbocycles. The van der Waals surface area contributed by atoms with Crippen LogP contribution in [0.3, 0.4) is 0 Å². The Morgan fingerprint density at radius 2 is 1.89 bits per heavy atom. The lowest BCUT2D eigenvalue weighted by atomic mass is 10.1. The van der Waals surface area contributed by atoms with Crippen molar-refractivity contribution in [1.29, 1.82) is 0 Å². The van der Waals surface area contributed by atoms with Crippen molar-refractivity contribution in [2.45, 2.75) is 6.30 Å². The van der Waals surface area contributed by atoms with E-state index in [2.05, 4.69) is 0 Å². The number of fused-ring (bicyclic) bond motifs is 1. The molecule has 2 rings (SSSR count). The minimum Gasteiger partial charge on any atom is -0.478 e. The minimum absolute atomic E-state index is 0.0911. The number of carbonyl (C=O) groups excluding carboxylic acids is 2. The number of alkyl halides is 1. The van der Waals surface area contributed by atoms with Gasteiger partial charge in [-0.25, -0.2) is 18.0 Å². The highest BCUT2D eigenvalue weighted by Gasteiger charge is 2.45. The minimum atomic E-state index is -2.89. The van der Waals surface area contributed by atoms with Gasteiger partial charge in [0, 0.05) is 6.07 Å². The van der Waals surface area contributed by atoms with Gasteiger partial charge in [0.2, 0.25) is 0 Å². The van der Waals surface area contributed by atoms with Crippen LogP contribution in [0, 0.1) is 11.6 Å². The third kappa shape index (κ3) is 1.53. The number of anilines is 1. The molecule has 5 nitrogen and oxygen atoms in total. The van der Waals surface area contributed by atoms with E-state index in [0.717, 1.165) is 0 Å². The van der Waals surface area contributed by atoms with Crippen molar-refractivity contribution in [2.75, 3.05) is 4.90 Å². The molecule has 0 aromatic heterocycles. The highest BCUT2D eigenvalue weighted by molar-refractivity contribution is 6.52. The fourth-order valence-corrected chi connectivity index (χ4v) is 1.64. The van der Waals surface area contributed by atoms with Gasteiger partial charge in [0.05, 0.1) is 11.3 Å². The summed E-state index contributed by atoms with van der Waals surface area (Å²) >= 11 is 0. The second-order valence-corrected chi connectivity index (χ2v) is 3.46. The van der Waals surface area contributed by atoms with Crippen molar-refractivity contribution in [3.8, 4) is 0 Å². The van der Waals surface area contributed by atoms with Crippen LogP contribution in [0.25, 0.3) is 0 Å². The molecular formula is C10H4F3NO4. The normalized spacial score (nSPS) is 15.8. The summed E-state index contributed by atoms with van der Waals surface area (Å²) in [6.07, 6.45) is -2.89. The third-order valence-electron chi connectivity index (χ3n) is 2.36. The molecule has 0 saturated heterocycles. The van der Waals surface area contributed by atoms with Crippen LogP contribution in [-0.2, 0) is 9.59 Å². The van der Waals surface area contributed by atoms with Crippen LogP contribution in [0.2, 0.25) is 0 Å². The number of amides is 1. The maximum Gasteiger partial charge on any atom is 0.360 e. The third-order valence-corrected chi connectivity index (χ3v) is 2.36. The average Bonchev–Trinajstić information content (AvgIpc) is 2.50. The monoisotopic (exact) mass is 259 g/mol. The van der Waals surface area contributed by atoms with Crippen molar-refractivity contribution in [2.24, 2.45) is 0 Å². The number of hydrogen-bond acceptors (Lipinski definition) is 3. The van der Waals surface area contributed by atoms with E-state index >= 15 is 0 Å². The molecule has 1 aliphatic rings. The molecule has 1 aliphatic heterocycles. The van der Waals surface area contributed by atoms with Crippen LogP contribution in [0.4, 0.5) is 18.9 Å². The molecule has 8 heteroatoms. The van der Waals surface area contributed by atoms with E-state index < -0.39 is 46.8 Å². The van der Waals surface area contributed by atoms with Crippen LogP contribution in [0.5, 0.6) is 0 Å². The highest BCUT2D eigenvalue weighted by Crippen LogP contribution is 2.33. The van der Waals surface area contributed by atoms with Crippen LogP contribution in [0.1, 0.15) is 10.4 Å². The fraction of sp³-hybridized carbons (Fsp3) is 0.100. The molecule has 1 amide bonds. The van der Waals surface area contributed by atoms with Gasteiger partial charge in [-0.2, -0.15) is 0 Å². The molecule has 0 radical (unpaired) electrons. The van der Waals surface area contributed by atoms with Crippen LogP contribution in [-0.4, -0.2) is 29.1 Å². The van der Waals surface area contributed by atoms with Gasteiger partial charge in [-0.1, -0.05) is 0 Å². The number of benzene rings is 1. The number of nitrogens with zero attached hydrogens (tertiary/aromatic N) is 1. The van der Waals surface area contributed by atoms with Crippen molar-refractivity contribution < 1.29 is 32.7 Å². The van der Waals surface area contributed by atoms with E-state index in [9.17, 15) is 27.6 Å². The standard InChI is InChI=1S/C10H4F3NO4/c11-3-1-4(12)6-5(2-3)14(8(13)10(17)18)9(16)7(6)15/h1-2,8H,(H,17,18). The lowest BCUT2D eigenvalue weighted by molar-refractivity contribution is -0.144. The molecule has 0 fully saturated rings. The van der Waals surface area contributed by atoms with Gasteiger partial charge in [-0.15, -0.1) is 0 Å². The molecule has 1 unspecified atom stereocenters. The molecule has 1 aromatic rings. The smallest absolute Gasteiger partial charge is 0.360 e. The van der Waals surface area contributed by atoms with Gasteiger partial charge in [0.15, 0.2) is 0 Å².